The third-order valence-electron chi connectivity index (χ3n) is 4.84. The van der Waals surface area contributed by atoms with E-state index in [4.69, 9.17) is 4.84 Å². The molecule has 4 rings (SSSR count). The van der Waals surface area contributed by atoms with Gasteiger partial charge in [-0.3, -0.25) is 4.79 Å². The molecule has 26 heavy (non-hydrogen) atoms. The molecule has 1 amide bonds. The molecule has 0 saturated carbocycles. The maximum Gasteiger partial charge on any atom is 0.270 e. The van der Waals surface area contributed by atoms with Gasteiger partial charge in [-0.05, 0) is 18.2 Å². The first kappa shape index (κ1) is 16.6. The Kier molecular flexibility index (Phi) is 3.94. The third-order valence-corrected chi connectivity index (χ3v) is 4.84. The number of likely N-dealkylation sites (tertiary alicyclic amines) is 1. The molecule has 1 saturated heterocycles. The Balaban J connectivity index is 1.53. The number of amides is 1. The lowest BCUT2D eigenvalue weighted by molar-refractivity contribution is -0.147. The smallest absolute Gasteiger partial charge is 0.270 e. The molecule has 0 unspecified atom stereocenters. The van der Waals surface area contributed by atoms with E-state index in [-0.39, 0.29) is 30.6 Å². The van der Waals surface area contributed by atoms with Crippen LogP contribution in [0, 0.1) is 17.5 Å². The molecule has 2 aliphatic heterocycles. The Bertz CT molecular complexity index is 895. The van der Waals surface area contributed by atoms with Crippen molar-refractivity contribution in [2.75, 3.05) is 6.54 Å². The van der Waals surface area contributed by atoms with Gasteiger partial charge in [-0.1, -0.05) is 29.4 Å². The summed E-state index contributed by atoms with van der Waals surface area (Å²) in [6, 6.07) is 9.71. The lowest BCUT2D eigenvalue weighted by Crippen LogP contribution is -2.40. The number of hydrogen-bond acceptors (Lipinski definition) is 3. The van der Waals surface area contributed by atoms with Crippen LogP contribution >= 0.6 is 0 Å². The van der Waals surface area contributed by atoms with Crippen LogP contribution in [0.2, 0.25) is 0 Å². The van der Waals surface area contributed by atoms with Crippen LogP contribution in [-0.2, 0) is 16.2 Å². The zero-order valence-corrected chi connectivity index (χ0v) is 13.7. The Hall–Kier alpha value is -2.83. The third kappa shape index (κ3) is 2.64. The highest BCUT2D eigenvalue weighted by Crippen LogP contribution is 2.37. The fraction of sp³-hybridized carbons (Fsp3) is 0.263. The number of benzene rings is 2. The van der Waals surface area contributed by atoms with Gasteiger partial charge in [0.05, 0.1) is 12.3 Å². The van der Waals surface area contributed by atoms with Crippen LogP contribution in [0.1, 0.15) is 24.0 Å². The van der Waals surface area contributed by atoms with Gasteiger partial charge in [-0.2, -0.15) is 0 Å². The molecule has 4 nitrogen and oxygen atoms in total. The largest absolute Gasteiger partial charge is 0.378 e. The van der Waals surface area contributed by atoms with Gasteiger partial charge in [0.1, 0.15) is 17.5 Å². The van der Waals surface area contributed by atoms with Crippen molar-refractivity contribution in [3.8, 4) is 0 Å². The lowest BCUT2D eigenvalue weighted by atomic mass is 9.92. The number of carbonyl (C=O) groups excluding carboxylic acids is 1. The first-order valence-electron chi connectivity index (χ1n) is 8.22. The van der Waals surface area contributed by atoms with E-state index in [0.717, 1.165) is 12.1 Å². The summed E-state index contributed by atoms with van der Waals surface area (Å²) in [4.78, 5) is 19.6. The molecular formula is C19H15F3N2O2. The molecule has 0 N–H and O–H groups in total. The van der Waals surface area contributed by atoms with Crippen LogP contribution in [-0.4, -0.2) is 28.7 Å². The fourth-order valence-electron chi connectivity index (χ4n) is 3.40. The normalized spacial score (nSPS) is 22.0. The lowest BCUT2D eigenvalue weighted by Gasteiger charge is -2.21. The van der Waals surface area contributed by atoms with Gasteiger partial charge in [-0.15, -0.1) is 0 Å². The van der Waals surface area contributed by atoms with Crippen LogP contribution < -0.4 is 0 Å². The standard InChI is InChI=1S/C19H15F3N2O2/c20-14-5-2-1-4-12(14)17-10-19(26-23-17)8-9-24(18(19)25)11-13-15(21)6-3-7-16(13)22/h1-7H,8-11H2/t19-/m1/s1. The zero-order valence-electron chi connectivity index (χ0n) is 13.7. The topological polar surface area (TPSA) is 41.9 Å². The number of rotatable bonds is 3. The molecule has 2 aromatic rings. The zero-order chi connectivity index (χ0) is 18.3. The highest BCUT2D eigenvalue weighted by molar-refractivity contribution is 6.06. The molecule has 2 heterocycles. The first-order chi connectivity index (χ1) is 12.5. The van der Waals surface area contributed by atoms with Crippen molar-refractivity contribution in [1.29, 1.82) is 0 Å². The summed E-state index contributed by atoms with van der Waals surface area (Å²) in [5.74, 6) is -2.23. The molecule has 134 valence electrons. The maximum absolute atomic E-state index is 14.0. The van der Waals surface area contributed by atoms with Crippen molar-refractivity contribution in [2.24, 2.45) is 5.16 Å². The van der Waals surface area contributed by atoms with Crippen LogP contribution in [0.25, 0.3) is 0 Å². The van der Waals surface area contributed by atoms with Crippen LogP contribution in [0.3, 0.4) is 0 Å². The molecular weight excluding hydrogens is 345 g/mol. The van der Waals surface area contributed by atoms with E-state index in [9.17, 15) is 18.0 Å². The summed E-state index contributed by atoms with van der Waals surface area (Å²) in [6.45, 7) is 0.101. The Labute approximate surface area is 147 Å². The number of hydrogen-bond donors (Lipinski definition) is 0. The van der Waals surface area contributed by atoms with E-state index >= 15 is 0 Å². The van der Waals surface area contributed by atoms with E-state index in [0.29, 0.717) is 12.1 Å². The highest BCUT2D eigenvalue weighted by Gasteiger charge is 2.53. The highest BCUT2D eigenvalue weighted by atomic mass is 19.1. The molecule has 1 atom stereocenters. The Morgan fingerprint density at radius 2 is 1.73 bits per heavy atom. The molecule has 1 fully saturated rings. The molecule has 0 aliphatic carbocycles. The van der Waals surface area contributed by atoms with Crippen molar-refractivity contribution in [3.63, 3.8) is 0 Å². The minimum absolute atomic E-state index is 0.128. The fourth-order valence-corrected chi connectivity index (χ4v) is 3.40. The second-order valence-electron chi connectivity index (χ2n) is 6.46. The predicted octanol–water partition coefficient (Wildman–Crippen LogP) is 3.40. The van der Waals surface area contributed by atoms with E-state index in [1.807, 2.05) is 0 Å². The van der Waals surface area contributed by atoms with Crippen molar-refractivity contribution < 1.29 is 22.8 Å². The molecule has 2 aliphatic rings. The molecule has 1 spiro atoms. The minimum atomic E-state index is -1.22. The quantitative estimate of drug-likeness (QED) is 0.842. The van der Waals surface area contributed by atoms with Crippen LogP contribution in [0.4, 0.5) is 13.2 Å². The van der Waals surface area contributed by atoms with Gasteiger partial charge in [0.25, 0.3) is 5.91 Å². The number of oxime groups is 1. The summed E-state index contributed by atoms with van der Waals surface area (Å²) in [5, 5.41) is 3.91. The molecule has 2 aromatic carbocycles. The Morgan fingerprint density at radius 3 is 2.46 bits per heavy atom. The average Bonchev–Trinajstić information content (AvgIpc) is 3.18. The number of halogens is 3. The van der Waals surface area contributed by atoms with Crippen LogP contribution in [0.5, 0.6) is 0 Å². The molecule has 0 bridgehead atoms. The van der Waals surface area contributed by atoms with E-state index in [1.165, 1.54) is 17.0 Å². The summed E-state index contributed by atoms with van der Waals surface area (Å²) in [6.07, 6.45) is 0.451. The summed E-state index contributed by atoms with van der Waals surface area (Å²) < 4.78 is 41.7. The number of carbonyl (C=O) groups is 1. The SMILES string of the molecule is O=C1N(Cc2c(F)cccc2F)CC[C@@]12CC(c1ccccc1F)=NO2. The average molecular weight is 360 g/mol. The Morgan fingerprint density at radius 1 is 1.04 bits per heavy atom. The number of nitrogens with zero attached hydrogens (tertiary/aromatic N) is 2. The van der Waals surface area contributed by atoms with Crippen LogP contribution in [0.15, 0.2) is 47.6 Å². The van der Waals surface area contributed by atoms with E-state index in [1.54, 1.807) is 18.2 Å². The summed E-state index contributed by atoms with van der Waals surface area (Å²) >= 11 is 0. The molecule has 0 aromatic heterocycles. The van der Waals surface area contributed by atoms with Gasteiger partial charge >= 0.3 is 0 Å². The van der Waals surface area contributed by atoms with Crippen molar-refractivity contribution in [1.82, 2.24) is 4.90 Å². The van der Waals surface area contributed by atoms with Crippen molar-refractivity contribution in [3.05, 3.63) is 71.0 Å². The van der Waals surface area contributed by atoms with Gasteiger partial charge < -0.3 is 9.74 Å². The molecule has 7 heteroatoms. The maximum atomic E-state index is 14.0. The molecule has 0 radical (unpaired) electrons. The minimum Gasteiger partial charge on any atom is -0.378 e. The summed E-state index contributed by atoms with van der Waals surface area (Å²) in [5.41, 5.74) is -0.739. The second kappa shape index (κ2) is 6.16. The van der Waals surface area contributed by atoms with E-state index < -0.39 is 29.0 Å². The predicted molar refractivity (Wildman–Crippen MR) is 87.8 cm³/mol. The van der Waals surface area contributed by atoms with Gasteiger partial charge in [0, 0.05) is 30.5 Å². The van der Waals surface area contributed by atoms with Crippen molar-refractivity contribution >= 4 is 11.6 Å². The van der Waals surface area contributed by atoms with Crippen molar-refractivity contribution in [2.45, 2.75) is 25.0 Å². The van der Waals surface area contributed by atoms with Gasteiger partial charge in [-0.25, -0.2) is 13.2 Å². The first-order valence-corrected chi connectivity index (χ1v) is 8.22. The summed E-state index contributed by atoms with van der Waals surface area (Å²) in [7, 11) is 0. The second-order valence-corrected chi connectivity index (χ2v) is 6.46. The van der Waals surface area contributed by atoms with Gasteiger partial charge in [0.2, 0.25) is 5.60 Å². The van der Waals surface area contributed by atoms with Gasteiger partial charge in [0.15, 0.2) is 0 Å². The van der Waals surface area contributed by atoms with E-state index in [2.05, 4.69) is 5.16 Å². The monoisotopic (exact) mass is 360 g/mol.